The fraction of sp³-hybridized carbons (Fsp3) is 1.00. The Labute approximate surface area is 130 Å². The van der Waals surface area contributed by atoms with E-state index in [1.54, 1.807) is 0 Å². The predicted molar refractivity (Wildman–Crippen MR) is 86.4 cm³/mol. The van der Waals surface area contributed by atoms with Gasteiger partial charge < -0.3 is 15.2 Å². The van der Waals surface area contributed by atoms with Gasteiger partial charge in [0, 0.05) is 19.1 Å². The molecule has 0 aromatic rings. The zero-order valence-corrected chi connectivity index (χ0v) is 14.3. The van der Waals surface area contributed by atoms with Crippen molar-refractivity contribution in [1.29, 1.82) is 0 Å². The number of morpholine rings is 1. The van der Waals surface area contributed by atoms with Crippen molar-refractivity contribution in [3.8, 4) is 0 Å². The zero-order valence-electron chi connectivity index (χ0n) is 14.3. The van der Waals surface area contributed by atoms with Gasteiger partial charge in [0.1, 0.15) is 0 Å². The fourth-order valence-corrected chi connectivity index (χ4v) is 4.03. The van der Waals surface area contributed by atoms with Crippen molar-refractivity contribution in [1.82, 2.24) is 10.2 Å². The van der Waals surface area contributed by atoms with Crippen LogP contribution in [0.15, 0.2) is 0 Å². The molecule has 1 saturated heterocycles. The van der Waals surface area contributed by atoms with Crippen molar-refractivity contribution in [2.75, 3.05) is 40.0 Å². The lowest BCUT2D eigenvalue weighted by Crippen LogP contribution is -2.53. The molecular formula is C17H34N2O2. The molecule has 2 rings (SSSR count). The van der Waals surface area contributed by atoms with E-state index in [0.29, 0.717) is 24.0 Å². The molecule has 0 aromatic heterocycles. The molecule has 2 aliphatic rings. The van der Waals surface area contributed by atoms with Crippen molar-refractivity contribution in [3.63, 3.8) is 0 Å². The molecule has 4 unspecified atom stereocenters. The maximum absolute atomic E-state index is 9.56. The number of ether oxygens (including phenoxy) is 1. The number of nitrogens with one attached hydrogen (secondary N) is 1. The van der Waals surface area contributed by atoms with Gasteiger partial charge in [-0.15, -0.1) is 0 Å². The Hall–Kier alpha value is -0.160. The molecule has 4 heteroatoms. The molecule has 0 spiro atoms. The molecular weight excluding hydrogens is 264 g/mol. The predicted octanol–water partition coefficient (Wildman–Crippen LogP) is 1.73. The van der Waals surface area contributed by atoms with Gasteiger partial charge >= 0.3 is 0 Å². The molecule has 1 saturated carbocycles. The zero-order chi connectivity index (χ0) is 15.5. The quantitative estimate of drug-likeness (QED) is 0.830. The van der Waals surface area contributed by atoms with E-state index in [4.69, 9.17) is 4.74 Å². The van der Waals surface area contributed by atoms with Gasteiger partial charge in [0.05, 0.1) is 25.9 Å². The lowest BCUT2D eigenvalue weighted by Gasteiger charge is -2.45. The summed E-state index contributed by atoms with van der Waals surface area (Å²) in [5.41, 5.74) is 0.401. The van der Waals surface area contributed by atoms with Gasteiger partial charge in [-0.25, -0.2) is 0 Å². The van der Waals surface area contributed by atoms with Crippen LogP contribution in [0.5, 0.6) is 0 Å². The molecule has 1 heterocycles. The first-order valence-corrected chi connectivity index (χ1v) is 8.55. The van der Waals surface area contributed by atoms with Crippen LogP contribution in [0.1, 0.15) is 40.0 Å². The number of aliphatic hydroxyl groups is 1. The number of hydrogen-bond donors (Lipinski definition) is 2. The standard InChI is InChI=1S/C17H34N2O2/c1-17(2,3)14-5-6-16(18-4)13(9-14)10-19-7-8-21-12-15(19)11-20/h13-16,18,20H,5-12H2,1-4H3. The maximum Gasteiger partial charge on any atom is 0.0644 e. The number of rotatable bonds is 4. The Kier molecular flexibility index (Phi) is 6.06. The fourth-order valence-electron chi connectivity index (χ4n) is 4.03. The average Bonchev–Trinajstić information content (AvgIpc) is 2.47. The van der Waals surface area contributed by atoms with E-state index in [0.717, 1.165) is 25.6 Å². The molecule has 2 N–H and O–H groups in total. The first kappa shape index (κ1) is 17.2. The smallest absolute Gasteiger partial charge is 0.0644 e. The summed E-state index contributed by atoms with van der Waals surface area (Å²) in [6.45, 7) is 10.9. The Morgan fingerprint density at radius 2 is 2.05 bits per heavy atom. The van der Waals surface area contributed by atoms with Crippen LogP contribution in [0.25, 0.3) is 0 Å². The summed E-state index contributed by atoms with van der Waals surface area (Å²) >= 11 is 0. The molecule has 0 amide bonds. The van der Waals surface area contributed by atoms with Crippen LogP contribution in [-0.4, -0.2) is 62.0 Å². The number of aliphatic hydroxyl groups excluding tert-OH is 1. The van der Waals surface area contributed by atoms with Crippen LogP contribution in [0.3, 0.4) is 0 Å². The van der Waals surface area contributed by atoms with Crippen molar-refractivity contribution in [2.45, 2.75) is 52.1 Å². The second-order valence-corrected chi connectivity index (χ2v) is 7.94. The third-order valence-corrected chi connectivity index (χ3v) is 5.61. The molecule has 21 heavy (non-hydrogen) atoms. The summed E-state index contributed by atoms with van der Waals surface area (Å²) in [4.78, 5) is 2.45. The minimum absolute atomic E-state index is 0.186. The van der Waals surface area contributed by atoms with Gasteiger partial charge in [-0.2, -0.15) is 0 Å². The van der Waals surface area contributed by atoms with E-state index in [-0.39, 0.29) is 12.6 Å². The highest BCUT2D eigenvalue weighted by Crippen LogP contribution is 2.40. The highest BCUT2D eigenvalue weighted by Gasteiger charge is 2.37. The van der Waals surface area contributed by atoms with Gasteiger partial charge in [0.15, 0.2) is 0 Å². The Bertz CT molecular complexity index is 316. The summed E-state index contributed by atoms with van der Waals surface area (Å²) in [5.74, 6) is 1.49. The average molecular weight is 298 g/mol. The molecule has 4 atom stereocenters. The lowest BCUT2D eigenvalue weighted by molar-refractivity contribution is -0.0414. The van der Waals surface area contributed by atoms with Gasteiger partial charge in [-0.1, -0.05) is 20.8 Å². The van der Waals surface area contributed by atoms with Gasteiger partial charge in [0.25, 0.3) is 0 Å². The second-order valence-electron chi connectivity index (χ2n) is 7.94. The van der Waals surface area contributed by atoms with E-state index in [9.17, 15) is 5.11 Å². The summed E-state index contributed by atoms with van der Waals surface area (Å²) in [7, 11) is 2.10. The SMILES string of the molecule is CNC1CCC(C(C)(C)C)CC1CN1CCOCC1CO. The molecule has 0 bridgehead atoms. The molecule has 124 valence electrons. The van der Waals surface area contributed by atoms with Crippen molar-refractivity contribution >= 4 is 0 Å². The van der Waals surface area contributed by atoms with Crippen LogP contribution in [0.4, 0.5) is 0 Å². The maximum atomic E-state index is 9.56. The first-order valence-electron chi connectivity index (χ1n) is 8.55. The van der Waals surface area contributed by atoms with Crippen LogP contribution in [0.2, 0.25) is 0 Å². The summed E-state index contributed by atoms with van der Waals surface area (Å²) < 4.78 is 5.50. The van der Waals surface area contributed by atoms with Gasteiger partial charge in [-0.05, 0) is 43.6 Å². The third-order valence-electron chi connectivity index (χ3n) is 5.61. The Morgan fingerprint density at radius 3 is 2.67 bits per heavy atom. The van der Waals surface area contributed by atoms with E-state index in [2.05, 4.69) is 38.0 Å². The highest BCUT2D eigenvalue weighted by atomic mass is 16.5. The van der Waals surface area contributed by atoms with Gasteiger partial charge in [-0.3, -0.25) is 4.90 Å². The van der Waals surface area contributed by atoms with Crippen molar-refractivity contribution in [2.24, 2.45) is 17.3 Å². The monoisotopic (exact) mass is 298 g/mol. The molecule has 1 aliphatic heterocycles. The van der Waals surface area contributed by atoms with Crippen LogP contribution in [0, 0.1) is 17.3 Å². The normalized spacial score (nSPS) is 35.9. The molecule has 4 nitrogen and oxygen atoms in total. The first-order chi connectivity index (χ1) is 9.95. The second kappa shape index (κ2) is 7.40. The van der Waals surface area contributed by atoms with E-state index in [1.807, 2.05) is 0 Å². The highest BCUT2D eigenvalue weighted by molar-refractivity contribution is 4.91. The summed E-state index contributed by atoms with van der Waals surface area (Å²) in [6.07, 6.45) is 3.90. The third kappa shape index (κ3) is 4.41. The number of hydrogen-bond acceptors (Lipinski definition) is 4. The lowest BCUT2D eigenvalue weighted by atomic mass is 9.67. The van der Waals surface area contributed by atoms with E-state index < -0.39 is 0 Å². The topological polar surface area (TPSA) is 44.7 Å². The molecule has 1 aliphatic carbocycles. The van der Waals surface area contributed by atoms with Crippen molar-refractivity contribution in [3.05, 3.63) is 0 Å². The Morgan fingerprint density at radius 1 is 1.29 bits per heavy atom. The van der Waals surface area contributed by atoms with Gasteiger partial charge in [0.2, 0.25) is 0 Å². The van der Waals surface area contributed by atoms with Crippen LogP contribution < -0.4 is 5.32 Å². The minimum atomic E-state index is 0.186. The van der Waals surface area contributed by atoms with Crippen LogP contribution in [-0.2, 0) is 4.74 Å². The van der Waals surface area contributed by atoms with E-state index in [1.165, 1.54) is 19.3 Å². The largest absolute Gasteiger partial charge is 0.395 e. The Balaban J connectivity index is 1.99. The summed E-state index contributed by atoms with van der Waals surface area (Å²) in [6, 6.07) is 0.803. The molecule has 0 aromatic carbocycles. The van der Waals surface area contributed by atoms with E-state index >= 15 is 0 Å². The summed E-state index contributed by atoms with van der Waals surface area (Å²) in [5, 5.41) is 13.1. The van der Waals surface area contributed by atoms with Crippen molar-refractivity contribution < 1.29 is 9.84 Å². The van der Waals surface area contributed by atoms with Crippen LogP contribution >= 0.6 is 0 Å². The molecule has 2 fully saturated rings. The minimum Gasteiger partial charge on any atom is -0.395 e. The number of nitrogens with zero attached hydrogens (tertiary/aromatic N) is 1. The molecule has 0 radical (unpaired) electrons.